The maximum absolute atomic E-state index is 13.9. The average molecular weight is 335 g/mol. The van der Waals surface area contributed by atoms with Crippen molar-refractivity contribution in [3.8, 4) is 0 Å². The Balaban J connectivity index is 1.65. The third-order valence-electron chi connectivity index (χ3n) is 4.14. The molecule has 2 aromatic rings. The first-order valence-corrected chi connectivity index (χ1v) is 8.43. The topological polar surface area (TPSA) is 55.4 Å². The summed E-state index contributed by atoms with van der Waals surface area (Å²) in [6.45, 7) is 3.33. The molecule has 0 unspecified atom stereocenters. The van der Waals surface area contributed by atoms with E-state index in [0.29, 0.717) is 26.4 Å². The summed E-state index contributed by atoms with van der Waals surface area (Å²) < 4.78 is 19.6. The first-order chi connectivity index (χ1) is 11.0. The lowest BCUT2D eigenvalue weighted by atomic mass is 10.1. The molecule has 1 aromatic heterocycles. The minimum atomic E-state index is -0.586. The van der Waals surface area contributed by atoms with E-state index in [1.54, 1.807) is 19.1 Å². The van der Waals surface area contributed by atoms with Gasteiger partial charge in [-0.05, 0) is 50.3 Å². The van der Waals surface area contributed by atoms with Crippen molar-refractivity contribution in [2.45, 2.75) is 32.7 Å². The fourth-order valence-corrected chi connectivity index (χ4v) is 3.77. The largest absolute Gasteiger partial charge is 0.451 e. The Morgan fingerprint density at radius 2 is 2.17 bits per heavy atom. The van der Waals surface area contributed by atoms with E-state index in [9.17, 15) is 14.0 Å². The fraction of sp³-hybridized carbons (Fsp3) is 0.412. The minimum absolute atomic E-state index is 0.112. The number of hydrogen-bond donors (Lipinski definition) is 1. The second-order valence-electron chi connectivity index (χ2n) is 5.94. The standard InChI is InChI=1S/C17H18FNO3S/c1-9-15-12(18)4-3-5-13(15)23-16(9)17(21)22-8-14(20)19-10(2)11-6-7-11/h3-5,10-11H,6-8H2,1-2H3,(H,19,20)/t10-/m1/s1. The van der Waals surface area contributed by atoms with Crippen molar-refractivity contribution in [1.82, 2.24) is 5.32 Å². The zero-order chi connectivity index (χ0) is 16.6. The van der Waals surface area contributed by atoms with E-state index in [4.69, 9.17) is 4.74 Å². The third-order valence-corrected chi connectivity index (χ3v) is 5.38. The molecular formula is C17H18FNO3S. The summed E-state index contributed by atoms with van der Waals surface area (Å²) in [5.74, 6) is -0.700. The van der Waals surface area contributed by atoms with Crippen molar-refractivity contribution in [3.63, 3.8) is 0 Å². The first-order valence-electron chi connectivity index (χ1n) is 7.61. The van der Waals surface area contributed by atoms with E-state index in [0.717, 1.165) is 12.8 Å². The molecule has 0 bridgehead atoms. The van der Waals surface area contributed by atoms with E-state index >= 15 is 0 Å². The molecule has 1 N–H and O–H groups in total. The molecule has 1 heterocycles. The molecule has 1 aliphatic carbocycles. The number of ether oxygens (including phenoxy) is 1. The van der Waals surface area contributed by atoms with Gasteiger partial charge in [0.05, 0.1) is 0 Å². The predicted molar refractivity (Wildman–Crippen MR) is 87.1 cm³/mol. The van der Waals surface area contributed by atoms with E-state index in [1.165, 1.54) is 17.4 Å². The minimum Gasteiger partial charge on any atom is -0.451 e. The zero-order valence-electron chi connectivity index (χ0n) is 13.0. The van der Waals surface area contributed by atoms with Crippen LogP contribution in [0, 0.1) is 18.7 Å². The summed E-state index contributed by atoms with van der Waals surface area (Å²) in [5, 5.41) is 3.27. The van der Waals surface area contributed by atoms with Crippen LogP contribution >= 0.6 is 11.3 Å². The summed E-state index contributed by atoms with van der Waals surface area (Å²) in [5.41, 5.74) is 0.555. The number of carbonyl (C=O) groups excluding carboxylic acids is 2. The molecule has 0 radical (unpaired) electrons. The van der Waals surface area contributed by atoms with Crippen LogP contribution in [0.1, 0.15) is 35.0 Å². The Morgan fingerprint density at radius 3 is 2.83 bits per heavy atom. The summed E-state index contributed by atoms with van der Waals surface area (Å²) >= 11 is 1.18. The molecule has 1 atom stereocenters. The summed E-state index contributed by atoms with van der Waals surface area (Å²) in [7, 11) is 0. The van der Waals surface area contributed by atoms with Gasteiger partial charge in [0.15, 0.2) is 6.61 Å². The lowest BCUT2D eigenvalue weighted by Gasteiger charge is -2.12. The lowest BCUT2D eigenvalue weighted by molar-refractivity contribution is -0.124. The van der Waals surface area contributed by atoms with Gasteiger partial charge in [-0.3, -0.25) is 4.79 Å². The molecule has 3 rings (SSSR count). The number of aryl methyl sites for hydroxylation is 1. The van der Waals surface area contributed by atoms with Crippen molar-refractivity contribution in [2.24, 2.45) is 5.92 Å². The molecule has 23 heavy (non-hydrogen) atoms. The number of halogens is 1. The van der Waals surface area contributed by atoms with Gasteiger partial charge in [-0.15, -0.1) is 11.3 Å². The zero-order valence-corrected chi connectivity index (χ0v) is 13.8. The average Bonchev–Trinajstić information content (AvgIpc) is 3.30. The lowest BCUT2D eigenvalue weighted by Crippen LogP contribution is -2.37. The molecular weight excluding hydrogens is 317 g/mol. The molecule has 4 nitrogen and oxygen atoms in total. The van der Waals surface area contributed by atoms with Crippen molar-refractivity contribution in [1.29, 1.82) is 0 Å². The number of hydrogen-bond acceptors (Lipinski definition) is 4. The van der Waals surface area contributed by atoms with E-state index in [1.807, 2.05) is 6.92 Å². The number of rotatable bonds is 5. The van der Waals surface area contributed by atoms with Crippen LogP contribution in [0.2, 0.25) is 0 Å². The highest BCUT2D eigenvalue weighted by atomic mass is 32.1. The van der Waals surface area contributed by atoms with Gasteiger partial charge in [0.1, 0.15) is 10.7 Å². The molecule has 0 spiro atoms. The molecule has 0 aliphatic heterocycles. The van der Waals surface area contributed by atoms with Gasteiger partial charge in [-0.25, -0.2) is 9.18 Å². The number of amides is 1. The monoisotopic (exact) mass is 335 g/mol. The Bertz CT molecular complexity index is 767. The number of carbonyl (C=O) groups is 2. The predicted octanol–water partition coefficient (Wildman–Crippen LogP) is 3.42. The summed E-state index contributed by atoms with van der Waals surface area (Å²) in [4.78, 5) is 24.3. The van der Waals surface area contributed by atoms with Gasteiger partial charge in [-0.2, -0.15) is 0 Å². The summed E-state index contributed by atoms with van der Waals surface area (Å²) in [6, 6.07) is 4.84. The normalized spacial score (nSPS) is 15.4. The van der Waals surface area contributed by atoms with Crippen LogP contribution in [-0.2, 0) is 9.53 Å². The second-order valence-corrected chi connectivity index (χ2v) is 6.99. The van der Waals surface area contributed by atoms with E-state index < -0.39 is 5.97 Å². The van der Waals surface area contributed by atoms with E-state index in [-0.39, 0.29) is 24.4 Å². The number of nitrogens with one attached hydrogen (secondary N) is 1. The van der Waals surface area contributed by atoms with Gasteiger partial charge < -0.3 is 10.1 Å². The summed E-state index contributed by atoms with van der Waals surface area (Å²) in [6.07, 6.45) is 2.27. The fourth-order valence-electron chi connectivity index (χ4n) is 2.65. The quantitative estimate of drug-likeness (QED) is 0.852. The van der Waals surface area contributed by atoms with Gasteiger partial charge >= 0.3 is 5.97 Å². The van der Waals surface area contributed by atoms with Crippen molar-refractivity contribution in [2.75, 3.05) is 6.61 Å². The van der Waals surface area contributed by atoms with Gasteiger partial charge in [0, 0.05) is 16.1 Å². The molecule has 1 aromatic carbocycles. The molecule has 1 amide bonds. The first kappa shape index (κ1) is 15.9. The molecule has 0 saturated heterocycles. The third kappa shape index (κ3) is 3.37. The Morgan fingerprint density at radius 1 is 1.43 bits per heavy atom. The molecule has 1 aliphatic rings. The van der Waals surface area contributed by atoms with Crippen LogP contribution in [0.15, 0.2) is 18.2 Å². The molecule has 6 heteroatoms. The number of esters is 1. The van der Waals surface area contributed by atoms with Crippen molar-refractivity contribution in [3.05, 3.63) is 34.5 Å². The van der Waals surface area contributed by atoms with Crippen LogP contribution < -0.4 is 5.32 Å². The Hall–Kier alpha value is -1.95. The highest BCUT2D eigenvalue weighted by Crippen LogP contribution is 2.33. The number of fused-ring (bicyclic) bond motifs is 1. The van der Waals surface area contributed by atoms with Gasteiger partial charge in [0.25, 0.3) is 5.91 Å². The molecule has 122 valence electrons. The maximum Gasteiger partial charge on any atom is 0.349 e. The highest BCUT2D eigenvalue weighted by molar-refractivity contribution is 7.21. The van der Waals surface area contributed by atoms with Crippen LogP contribution in [0.4, 0.5) is 4.39 Å². The van der Waals surface area contributed by atoms with Crippen LogP contribution in [0.5, 0.6) is 0 Å². The highest BCUT2D eigenvalue weighted by Gasteiger charge is 2.29. The van der Waals surface area contributed by atoms with E-state index in [2.05, 4.69) is 5.32 Å². The van der Waals surface area contributed by atoms with Crippen LogP contribution in [0.25, 0.3) is 10.1 Å². The molecule has 1 saturated carbocycles. The van der Waals surface area contributed by atoms with Crippen molar-refractivity contribution < 1.29 is 18.7 Å². The number of thiophene rings is 1. The van der Waals surface area contributed by atoms with Crippen LogP contribution in [-0.4, -0.2) is 24.5 Å². The Labute approximate surface area is 137 Å². The van der Waals surface area contributed by atoms with Crippen molar-refractivity contribution >= 4 is 33.3 Å². The molecule has 1 fully saturated rings. The smallest absolute Gasteiger partial charge is 0.349 e. The van der Waals surface area contributed by atoms with Gasteiger partial charge in [0.2, 0.25) is 0 Å². The number of benzene rings is 1. The second kappa shape index (κ2) is 6.28. The maximum atomic E-state index is 13.9. The SMILES string of the molecule is Cc1c(C(=O)OCC(=O)N[C@H](C)C2CC2)sc2cccc(F)c12. The Kier molecular flexibility index (Phi) is 4.35. The van der Waals surface area contributed by atoms with Gasteiger partial charge in [-0.1, -0.05) is 6.07 Å². The van der Waals surface area contributed by atoms with Crippen LogP contribution in [0.3, 0.4) is 0 Å².